The lowest BCUT2D eigenvalue weighted by molar-refractivity contribution is 0.122. The summed E-state index contributed by atoms with van der Waals surface area (Å²) in [5.41, 5.74) is 2.55. The monoisotopic (exact) mass is 325 g/mol. The quantitative estimate of drug-likeness (QED) is 0.736. The molecule has 4 nitrogen and oxygen atoms in total. The van der Waals surface area contributed by atoms with E-state index in [-0.39, 0.29) is 6.04 Å². The number of aromatic nitrogens is 2. The fraction of sp³-hybridized carbons (Fsp3) is 0.278. The molecule has 0 radical (unpaired) electrons. The van der Waals surface area contributed by atoms with Gasteiger partial charge >= 0.3 is 0 Å². The van der Waals surface area contributed by atoms with Crippen LogP contribution >= 0.6 is 11.3 Å². The highest BCUT2D eigenvalue weighted by atomic mass is 32.1. The minimum atomic E-state index is 0.191. The molecular weight excluding hydrogens is 306 g/mol. The molecule has 5 heteroatoms. The Morgan fingerprint density at radius 3 is 2.57 bits per heavy atom. The maximum atomic E-state index is 5.43. The summed E-state index contributed by atoms with van der Waals surface area (Å²) >= 11 is 1.78. The first-order chi connectivity index (χ1) is 11.4. The first kappa shape index (κ1) is 14.5. The molecule has 1 unspecified atom stereocenters. The second kappa shape index (κ2) is 6.56. The van der Waals surface area contributed by atoms with E-state index in [4.69, 9.17) is 4.74 Å². The van der Waals surface area contributed by atoms with E-state index >= 15 is 0 Å². The van der Waals surface area contributed by atoms with Crippen molar-refractivity contribution >= 4 is 17.0 Å². The summed E-state index contributed by atoms with van der Waals surface area (Å²) in [5, 5.41) is 2.13. The van der Waals surface area contributed by atoms with Crippen LogP contribution in [0.5, 0.6) is 0 Å². The van der Waals surface area contributed by atoms with E-state index in [1.807, 2.05) is 18.7 Å². The SMILES string of the molecule is c1csc(C(c2ccc(N3CCOCC3)cc2)n2ccnc2)c1. The molecule has 0 spiro atoms. The van der Waals surface area contributed by atoms with Gasteiger partial charge in [-0.2, -0.15) is 0 Å². The van der Waals surface area contributed by atoms with Crippen molar-refractivity contribution < 1.29 is 4.74 Å². The normalized spacial score (nSPS) is 16.4. The van der Waals surface area contributed by atoms with Crippen LogP contribution in [0.15, 0.2) is 60.5 Å². The van der Waals surface area contributed by atoms with Crippen molar-refractivity contribution in [3.63, 3.8) is 0 Å². The maximum absolute atomic E-state index is 5.43. The Labute approximate surface area is 140 Å². The molecule has 23 heavy (non-hydrogen) atoms. The molecule has 0 aliphatic carbocycles. The molecule has 118 valence electrons. The molecule has 1 fully saturated rings. The van der Waals surface area contributed by atoms with Crippen molar-refractivity contribution in [3.05, 3.63) is 70.9 Å². The number of benzene rings is 1. The van der Waals surface area contributed by atoms with Crippen molar-refractivity contribution in [1.82, 2.24) is 9.55 Å². The fourth-order valence-corrected chi connectivity index (χ4v) is 3.90. The van der Waals surface area contributed by atoms with Gasteiger partial charge in [0.25, 0.3) is 0 Å². The third-order valence-corrected chi connectivity index (χ3v) is 5.15. The first-order valence-electron chi connectivity index (χ1n) is 7.85. The predicted octanol–water partition coefficient (Wildman–Crippen LogP) is 3.42. The highest BCUT2D eigenvalue weighted by molar-refractivity contribution is 7.10. The van der Waals surface area contributed by atoms with Gasteiger partial charge < -0.3 is 14.2 Å². The van der Waals surface area contributed by atoms with E-state index < -0.39 is 0 Å². The third kappa shape index (κ3) is 3.02. The minimum Gasteiger partial charge on any atom is -0.378 e. The summed E-state index contributed by atoms with van der Waals surface area (Å²) in [4.78, 5) is 7.92. The number of rotatable bonds is 4. The topological polar surface area (TPSA) is 30.3 Å². The molecule has 1 saturated heterocycles. The third-order valence-electron chi connectivity index (χ3n) is 4.22. The van der Waals surface area contributed by atoms with Crippen LogP contribution in [0.4, 0.5) is 5.69 Å². The van der Waals surface area contributed by atoms with Gasteiger partial charge in [0.15, 0.2) is 0 Å². The largest absolute Gasteiger partial charge is 0.378 e. The highest BCUT2D eigenvalue weighted by Crippen LogP contribution is 2.31. The highest BCUT2D eigenvalue weighted by Gasteiger charge is 2.18. The molecule has 3 heterocycles. The van der Waals surface area contributed by atoms with Crippen molar-refractivity contribution in [1.29, 1.82) is 0 Å². The number of anilines is 1. The van der Waals surface area contributed by atoms with Crippen LogP contribution in [0.2, 0.25) is 0 Å². The number of morpholine rings is 1. The number of imidazole rings is 1. The van der Waals surface area contributed by atoms with E-state index in [2.05, 4.69) is 56.2 Å². The zero-order chi connectivity index (χ0) is 15.5. The van der Waals surface area contributed by atoms with E-state index in [1.165, 1.54) is 16.1 Å². The van der Waals surface area contributed by atoms with Gasteiger partial charge in [0.1, 0.15) is 0 Å². The van der Waals surface area contributed by atoms with Crippen LogP contribution in [0.1, 0.15) is 16.5 Å². The summed E-state index contributed by atoms with van der Waals surface area (Å²) in [6, 6.07) is 13.4. The maximum Gasteiger partial charge on any atom is 0.0954 e. The second-order valence-electron chi connectivity index (χ2n) is 5.62. The second-order valence-corrected chi connectivity index (χ2v) is 6.60. The van der Waals surface area contributed by atoms with Crippen LogP contribution in [0.25, 0.3) is 0 Å². The number of hydrogen-bond acceptors (Lipinski definition) is 4. The zero-order valence-electron chi connectivity index (χ0n) is 12.8. The van der Waals surface area contributed by atoms with Crippen molar-refractivity contribution in [2.24, 2.45) is 0 Å². The number of hydrogen-bond donors (Lipinski definition) is 0. The summed E-state index contributed by atoms with van der Waals surface area (Å²) in [7, 11) is 0. The van der Waals surface area contributed by atoms with Gasteiger partial charge in [-0.05, 0) is 29.1 Å². The molecule has 0 N–H and O–H groups in total. The summed E-state index contributed by atoms with van der Waals surface area (Å²) < 4.78 is 7.59. The molecule has 3 aromatic rings. The van der Waals surface area contributed by atoms with Gasteiger partial charge in [-0.25, -0.2) is 4.98 Å². The molecule has 1 aliphatic heterocycles. The average Bonchev–Trinajstić information content (AvgIpc) is 3.31. The van der Waals surface area contributed by atoms with Crippen LogP contribution in [0.3, 0.4) is 0 Å². The minimum absolute atomic E-state index is 0.191. The average molecular weight is 325 g/mol. The molecular formula is C18H19N3OS. The van der Waals surface area contributed by atoms with Gasteiger partial charge in [-0.3, -0.25) is 0 Å². The lowest BCUT2D eigenvalue weighted by Crippen LogP contribution is -2.36. The summed E-state index contributed by atoms with van der Waals surface area (Å²) in [5.74, 6) is 0. The molecule has 0 saturated carbocycles. The molecule has 1 atom stereocenters. The molecule has 0 bridgehead atoms. The van der Waals surface area contributed by atoms with E-state index in [0.717, 1.165) is 26.3 Å². The van der Waals surface area contributed by atoms with Crippen LogP contribution in [0, 0.1) is 0 Å². The van der Waals surface area contributed by atoms with Gasteiger partial charge in [-0.15, -0.1) is 11.3 Å². The lowest BCUT2D eigenvalue weighted by Gasteiger charge is -2.29. The standard InChI is InChI=1S/C18H19N3OS/c1-2-17(23-13-1)18(21-8-7-19-14-21)15-3-5-16(6-4-15)20-9-11-22-12-10-20/h1-8,13-14,18H,9-12H2. The van der Waals surface area contributed by atoms with Gasteiger partial charge in [0.2, 0.25) is 0 Å². The Morgan fingerprint density at radius 1 is 1.09 bits per heavy atom. The molecule has 1 aliphatic rings. The van der Waals surface area contributed by atoms with Crippen LogP contribution < -0.4 is 4.90 Å². The predicted molar refractivity (Wildman–Crippen MR) is 93.3 cm³/mol. The van der Waals surface area contributed by atoms with Crippen LogP contribution in [-0.4, -0.2) is 35.9 Å². The Kier molecular flexibility index (Phi) is 4.13. The molecule has 0 amide bonds. The van der Waals surface area contributed by atoms with Gasteiger partial charge in [0, 0.05) is 36.0 Å². The molecule has 1 aromatic carbocycles. The van der Waals surface area contributed by atoms with E-state index in [0.29, 0.717) is 0 Å². The fourth-order valence-electron chi connectivity index (χ4n) is 3.04. The molecule has 2 aromatic heterocycles. The Hall–Kier alpha value is -2.11. The van der Waals surface area contributed by atoms with E-state index in [1.54, 1.807) is 11.3 Å². The summed E-state index contributed by atoms with van der Waals surface area (Å²) in [6.45, 7) is 3.56. The lowest BCUT2D eigenvalue weighted by atomic mass is 10.0. The van der Waals surface area contributed by atoms with Gasteiger partial charge in [0.05, 0.1) is 25.6 Å². The van der Waals surface area contributed by atoms with Crippen molar-refractivity contribution in [3.8, 4) is 0 Å². The number of thiophene rings is 1. The Balaban J connectivity index is 1.64. The Morgan fingerprint density at radius 2 is 1.91 bits per heavy atom. The molecule has 4 rings (SSSR count). The Bertz CT molecular complexity index is 682. The summed E-state index contributed by atoms with van der Waals surface area (Å²) in [6.07, 6.45) is 5.75. The van der Waals surface area contributed by atoms with Gasteiger partial charge in [-0.1, -0.05) is 18.2 Å². The first-order valence-corrected chi connectivity index (χ1v) is 8.73. The zero-order valence-corrected chi connectivity index (χ0v) is 13.7. The van der Waals surface area contributed by atoms with Crippen LogP contribution in [-0.2, 0) is 4.74 Å². The number of nitrogens with zero attached hydrogens (tertiary/aromatic N) is 3. The van der Waals surface area contributed by atoms with E-state index in [9.17, 15) is 0 Å². The van der Waals surface area contributed by atoms with Crippen molar-refractivity contribution in [2.45, 2.75) is 6.04 Å². The van der Waals surface area contributed by atoms with Crippen molar-refractivity contribution in [2.75, 3.05) is 31.2 Å². The number of ether oxygens (including phenoxy) is 1. The smallest absolute Gasteiger partial charge is 0.0954 e.